The summed E-state index contributed by atoms with van der Waals surface area (Å²) in [5, 5.41) is 8.69. The van der Waals surface area contributed by atoms with Gasteiger partial charge in [0.05, 0.1) is 0 Å². The van der Waals surface area contributed by atoms with Crippen molar-refractivity contribution in [1.82, 2.24) is 0 Å². The fourth-order valence-corrected chi connectivity index (χ4v) is 2.31. The van der Waals surface area contributed by atoms with Crippen LogP contribution in [0, 0.1) is 23.0 Å². The predicted molar refractivity (Wildman–Crippen MR) is 85.1 cm³/mol. The molecule has 0 aliphatic heterocycles. The molecule has 0 aliphatic rings. The van der Waals surface area contributed by atoms with Gasteiger partial charge in [-0.25, -0.2) is 8.78 Å². The number of hydrogen-bond donors (Lipinski definition) is 0. The van der Waals surface area contributed by atoms with Crippen LogP contribution in [0.15, 0.2) is 36.4 Å². The van der Waals surface area contributed by atoms with E-state index in [0.717, 1.165) is 24.0 Å². The van der Waals surface area contributed by atoms with E-state index in [-0.39, 0.29) is 0 Å². The number of aryl methyl sites for hydroxylation is 1. The highest BCUT2D eigenvalue weighted by molar-refractivity contribution is 5.80. The summed E-state index contributed by atoms with van der Waals surface area (Å²) in [7, 11) is 0. The van der Waals surface area contributed by atoms with Crippen molar-refractivity contribution in [2.45, 2.75) is 26.7 Å². The second-order valence-corrected chi connectivity index (χ2v) is 5.25. The normalized spacial score (nSPS) is 11.3. The van der Waals surface area contributed by atoms with E-state index in [1.807, 2.05) is 18.2 Å². The summed E-state index contributed by atoms with van der Waals surface area (Å²) in [5.74, 6) is -1.66. The van der Waals surface area contributed by atoms with Gasteiger partial charge in [-0.15, -0.1) is 0 Å². The summed E-state index contributed by atoms with van der Waals surface area (Å²) >= 11 is 0. The standard InChI is InChI=1S/C19H17F2N/c1-3-4-14-5-7-15(8-6-14)9-13(2)16-10-18(20)17(12-22)19(21)11-16/h5-11H,3-4H2,1-2H3. The number of rotatable bonds is 4. The van der Waals surface area contributed by atoms with Crippen molar-refractivity contribution in [3.8, 4) is 6.07 Å². The third-order valence-corrected chi connectivity index (χ3v) is 3.51. The molecule has 0 amide bonds. The van der Waals surface area contributed by atoms with Gasteiger partial charge < -0.3 is 0 Å². The van der Waals surface area contributed by atoms with Crippen LogP contribution in [-0.4, -0.2) is 0 Å². The van der Waals surface area contributed by atoms with Crippen molar-refractivity contribution < 1.29 is 8.78 Å². The van der Waals surface area contributed by atoms with Gasteiger partial charge in [0.1, 0.15) is 23.3 Å². The van der Waals surface area contributed by atoms with Gasteiger partial charge in [-0.1, -0.05) is 43.7 Å². The van der Waals surface area contributed by atoms with Gasteiger partial charge in [0, 0.05) is 0 Å². The Hall–Kier alpha value is -2.47. The molecular weight excluding hydrogens is 280 g/mol. The molecular formula is C19H17F2N. The van der Waals surface area contributed by atoms with Gasteiger partial charge in [-0.3, -0.25) is 0 Å². The van der Waals surface area contributed by atoms with Crippen LogP contribution in [0.5, 0.6) is 0 Å². The highest BCUT2D eigenvalue weighted by Crippen LogP contribution is 2.22. The van der Waals surface area contributed by atoms with Gasteiger partial charge in [0.2, 0.25) is 0 Å². The van der Waals surface area contributed by atoms with Crippen molar-refractivity contribution in [2.75, 3.05) is 0 Å². The Morgan fingerprint density at radius 3 is 2.23 bits per heavy atom. The molecule has 2 aromatic rings. The van der Waals surface area contributed by atoms with Gasteiger partial charge >= 0.3 is 0 Å². The minimum atomic E-state index is -0.830. The van der Waals surface area contributed by atoms with Crippen LogP contribution < -0.4 is 0 Å². The minimum Gasteiger partial charge on any atom is -0.205 e. The van der Waals surface area contributed by atoms with Gasteiger partial charge in [-0.2, -0.15) is 5.26 Å². The van der Waals surface area contributed by atoms with E-state index >= 15 is 0 Å². The molecule has 0 aromatic heterocycles. The summed E-state index contributed by atoms with van der Waals surface area (Å²) in [5.41, 5.74) is 2.88. The van der Waals surface area contributed by atoms with Crippen molar-refractivity contribution >= 4 is 11.6 Å². The summed E-state index contributed by atoms with van der Waals surface area (Å²) in [6.45, 7) is 3.92. The number of nitrogens with zero attached hydrogens (tertiary/aromatic N) is 1. The first-order valence-corrected chi connectivity index (χ1v) is 7.22. The first-order valence-electron chi connectivity index (χ1n) is 7.22. The zero-order valence-corrected chi connectivity index (χ0v) is 12.7. The predicted octanol–water partition coefficient (Wildman–Crippen LogP) is 5.35. The van der Waals surface area contributed by atoms with Gasteiger partial charge in [0.25, 0.3) is 0 Å². The molecule has 0 fully saturated rings. The Balaban J connectivity index is 2.31. The fourth-order valence-electron chi connectivity index (χ4n) is 2.31. The van der Waals surface area contributed by atoms with E-state index < -0.39 is 17.2 Å². The number of allylic oxidation sites excluding steroid dienone is 1. The maximum absolute atomic E-state index is 13.7. The summed E-state index contributed by atoms with van der Waals surface area (Å²) in [6.07, 6.45) is 4.00. The van der Waals surface area contributed by atoms with Crippen LogP contribution in [0.3, 0.4) is 0 Å². The van der Waals surface area contributed by atoms with Crippen LogP contribution >= 0.6 is 0 Å². The zero-order chi connectivity index (χ0) is 16.1. The zero-order valence-electron chi connectivity index (χ0n) is 12.7. The topological polar surface area (TPSA) is 23.8 Å². The van der Waals surface area contributed by atoms with E-state index in [0.29, 0.717) is 5.56 Å². The molecule has 0 spiro atoms. The highest BCUT2D eigenvalue weighted by Gasteiger charge is 2.11. The second kappa shape index (κ2) is 7.00. The van der Waals surface area contributed by atoms with Crippen LogP contribution in [0.1, 0.15) is 42.5 Å². The van der Waals surface area contributed by atoms with E-state index in [4.69, 9.17) is 5.26 Å². The molecule has 112 valence electrons. The Morgan fingerprint density at radius 1 is 1.14 bits per heavy atom. The molecule has 22 heavy (non-hydrogen) atoms. The van der Waals surface area contributed by atoms with Crippen LogP contribution in [0.2, 0.25) is 0 Å². The first-order chi connectivity index (χ1) is 10.5. The van der Waals surface area contributed by atoms with Crippen molar-refractivity contribution in [3.63, 3.8) is 0 Å². The molecule has 0 aliphatic carbocycles. The number of hydrogen-bond acceptors (Lipinski definition) is 1. The quantitative estimate of drug-likeness (QED) is 0.698. The van der Waals surface area contributed by atoms with E-state index in [1.54, 1.807) is 6.92 Å². The molecule has 0 bridgehead atoms. The Morgan fingerprint density at radius 2 is 1.73 bits per heavy atom. The number of nitriles is 1. The smallest absolute Gasteiger partial charge is 0.144 e. The SMILES string of the molecule is CCCc1ccc(C=C(C)c2cc(F)c(C#N)c(F)c2)cc1. The van der Waals surface area contributed by atoms with E-state index in [9.17, 15) is 8.78 Å². The van der Waals surface area contributed by atoms with E-state index in [1.165, 1.54) is 23.8 Å². The maximum atomic E-state index is 13.7. The Kier molecular flexibility index (Phi) is 5.06. The molecule has 3 heteroatoms. The van der Waals surface area contributed by atoms with Gasteiger partial charge in [0.15, 0.2) is 0 Å². The molecule has 0 unspecified atom stereocenters. The molecule has 2 rings (SSSR count). The Labute approximate surface area is 129 Å². The Bertz CT molecular complexity index is 714. The van der Waals surface area contributed by atoms with Crippen LogP contribution in [-0.2, 0) is 6.42 Å². The number of benzene rings is 2. The summed E-state index contributed by atoms with van der Waals surface area (Å²) in [4.78, 5) is 0. The lowest BCUT2D eigenvalue weighted by Gasteiger charge is -2.05. The molecule has 2 aromatic carbocycles. The molecule has 0 heterocycles. The van der Waals surface area contributed by atoms with Crippen molar-refractivity contribution in [2.24, 2.45) is 0 Å². The lowest BCUT2D eigenvalue weighted by Crippen LogP contribution is -1.93. The largest absolute Gasteiger partial charge is 0.205 e. The van der Waals surface area contributed by atoms with Crippen molar-refractivity contribution in [1.29, 1.82) is 5.26 Å². The molecule has 0 N–H and O–H groups in total. The minimum absolute atomic E-state index is 0.437. The molecule has 0 saturated carbocycles. The third-order valence-electron chi connectivity index (χ3n) is 3.51. The van der Waals surface area contributed by atoms with Crippen molar-refractivity contribution in [3.05, 3.63) is 70.3 Å². The van der Waals surface area contributed by atoms with Crippen LogP contribution in [0.4, 0.5) is 8.78 Å². The van der Waals surface area contributed by atoms with E-state index in [2.05, 4.69) is 19.1 Å². The lowest BCUT2D eigenvalue weighted by atomic mass is 10.0. The molecule has 0 radical (unpaired) electrons. The first kappa shape index (κ1) is 15.9. The lowest BCUT2D eigenvalue weighted by molar-refractivity contribution is 0.576. The third kappa shape index (κ3) is 3.59. The summed E-state index contributed by atoms with van der Waals surface area (Å²) < 4.78 is 27.3. The molecule has 0 saturated heterocycles. The average Bonchev–Trinajstić information content (AvgIpc) is 2.49. The average molecular weight is 297 g/mol. The van der Waals surface area contributed by atoms with Gasteiger partial charge in [-0.05, 0) is 47.7 Å². The second-order valence-electron chi connectivity index (χ2n) is 5.25. The molecule has 1 nitrogen and oxygen atoms in total. The fraction of sp³-hybridized carbons (Fsp3) is 0.211. The molecule has 0 atom stereocenters. The monoisotopic (exact) mass is 297 g/mol. The number of halogens is 2. The highest BCUT2D eigenvalue weighted by atomic mass is 19.1. The summed E-state index contributed by atoms with van der Waals surface area (Å²) in [6, 6.07) is 12.0. The maximum Gasteiger partial charge on any atom is 0.144 e. The van der Waals surface area contributed by atoms with Crippen LogP contribution in [0.25, 0.3) is 11.6 Å².